The molecule has 28 heavy (non-hydrogen) atoms. The first kappa shape index (κ1) is 22.5. The average molecular weight is 426 g/mol. The van der Waals surface area contributed by atoms with Crippen molar-refractivity contribution in [3.8, 4) is 5.75 Å². The molecule has 0 aliphatic rings. The van der Waals surface area contributed by atoms with Gasteiger partial charge in [0.2, 0.25) is 5.82 Å². The van der Waals surface area contributed by atoms with Gasteiger partial charge in [-0.25, -0.2) is 26.3 Å². The summed E-state index contributed by atoms with van der Waals surface area (Å²) in [6.45, 7) is 10.7. The molecule has 9 heteroatoms. The minimum atomic E-state index is -3.06. The highest BCUT2D eigenvalue weighted by atomic mass is 28.4. The quantitative estimate of drug-likeness (QED) is 0.210. The van der Waals surface area contributed by atoms with Gasteiger partial charge in [-0.05, 0) is 16.6 Å². The second-order valence-electron chi connectivity index (χ2n) is 7.70. The van der Waals surface area contributed by atoms with Crippen molar-refractivity contribution in [1.29, 1.82) is 0 Å². The van der Waals surface area contributed by atoms with Crippen LogP contribution in [-0.4, -0.2) is 8.32 Å². The zero-order valence-corrected chi connectivity index (χ0v) is 17.3. The van der Waals surface area contributed by atoms with Crippen LogP contribution in [0.5, 0.6) is 5.75 Å². The van der Waals surface area contributed by atoms with E-state index in [-0.39, 0.29) is 16.6 Å². The van der Waals surface area contributed by atoms with Crippen molar-refractivity contribution in [2.45, 2.75) is 58.2 Å². The zero-order valence-electron chi connectivity index (χ0n) is 16.3. The Kier molecular flexibility index (Phi) is 6.09. The lowest BCUT2D eigenvalue weighted by Crippen LogP contribution is -2.51. The fourth-order valence-electron chi connectivity index (χ4n) is 4.09. The van der Waals surface area contributed by atoms with Crippen LogP contribution in [0.1, 0.15) is 41.5 Å². The van der Waals surface area contributed by atoms with E-state index < -0.39 is 65.6 Å². The lowest BCUT2D eigenvalue weighted by molar-refractivity contribution is 0.391. The maximum absolute atomic E-state index is 14.6. The summed E-state index contributed by atoms with van der Waals surface area (Å²) in [4.78, 5) is 0. The predicted octanol–water partition coefficient (Wildman–Crippen LogP) is 7.37. The molecule has 1 nitrogen and oxygen atoms in total. The molecule has 0 aliphatic carbocycles. The SMILES string of the molecule is CC(C)[Si](Oc1c(F)c(F)c(F)c2c(F)c(F)c(F)c(F)c12)(C(C)C)C(C)C. The summed E-state index contributed by atoms with van der Waals surface area (Å²) in [5.74, 6) is -16.1. The molecule has 0 fully saturated rings. The summed E-state index contributed by atoms with van der Waals surface area (Å²) in [6, 6.07) is 0. The van der Waals surface area contributed by atoms with Gasteiger partial charge in [-0.1, -0.05) is 41.5 Å². The predicted molar refractivity (Wildman–Crippen MR) is 95.3 cm³/mol. The van der Waals surface area contributed by atoms with E-state index in [2.05, 4.69) is 0 Å². The molecule has 0 unspecified atom stereocenters. The van der Waals surface area contributed by atoms with E-state index in [1.54, 1.807) is 41.5 Å². The molecule has 2 aromatic rings. The first-order valence-electron chi connectivity index (χ1n) is 8.81. The summed E-state index contributed by atoms with van der Waals surface area (Å²) in [6.07, 6.45) is 0. The third-order valence-corrected chi connectivity index (χ3v) is 11.3. The van der Waals surface area contributed by atoms with Crippen molar-refractivity contribution in [1.82, 2.24) is 0 Å². The molecule has 2 rings (SSSR count). The van der Waals surface area contributed by atoms with Crippen LogP contribution in [0.25, 0.3) is 10.8 Å². The number of benzene rings is 2. The standard InChI is InChI=1S/C19H21F7OSi/c1-7(2)28(8(3)4,9(5)6)27-19-11-10(13(21)17(25)18(19)26)12(20)15(23)16(24)14(11)22/h7-9H,1-6H3. The second-order valence-corrected chi connectivity index (χ2v) is 13.1. The van der Waals surface area contributed by atoms with Crippen LogP contribution in [0.3, 0.4) is 0 Å². The zero-order chi connectivity index (χ0) is 21.7. The minimum absolute atomic E-state index is 0.201. The lowest BCUT2D eigenvalue weighted by atomic mass is 10.1. The highest BCUT2D eigenvalue weighted by Crippen LogP contribution is 2.47. The molecule has 2 aromatic carbocycles. The Balaban J connectivity index is 3.03. The van der Waals surface area contributed by atoms with Gasteiger partial charge in [-0.15, -0.1) is 0 Å². The van der Waals surface area contributed by atoms with Crippen molar-refractivity contribution < 1.29 is 35.2 Å². The third kappa shape index (κ3) is 3.07. The number of fused-ring (bicyclic) bond motifs is 1. The first-order valence-corrected chi connectivity index (χ1v) is 11.0. The summed E-state index contributed by atoms with van der Waals surface area (Å²) in [5.41, 5.74) is -0.602. The van der Waals surface area contributed by atoms with Crippen LogP contribution < -0.4 is 4.43 Å². The van der Waals surface area contributed by atoms with Gasteiger partial charge < -0.3 is 4.43 Å². The van der Waals surface area contributed by atoms with Gasteiger partial charge in [-0.2, -0.15) is 4.39 Å². The van der Waals surface area contributed by atoms with E-state index in [1.165, 1.54) is 0 Å². The molecule has 0 heterocycles. The van der Waals surface area contributed by atoms with Crippen molar-refractivity contribution in [3.63, 3.8) is 0 Å². The Morgan fingerprint density at radius 3 is 1.18 bits per heavy atom. The molecule has 0 saturated heterocycles. The van der Waals surface area contributed by atoms with Gasteiger partial charge >= 0.3 is 0 Å². The Hall–Kier alpha value is -1.77. The van der Waals surface area contributed by atoms with Crippen molar-refractivity contribution >= 4 is 19.1 Å². The van der Waals surface area contributed by atoms with E-state index >= 15 is 0 Å². The molecule has 0 aliphatic heterocycles. The third-order valence-electron chi connectivity index (χ3n) is 5.28. The maximum atomic E-state index is 14.6. The lowest BCUT2D eigenvalue weighted by Gasteiger charge is -2.42. The Labute approximate surface area is 159 Å². The molecular weight excluding hydrogens is 405 g/mol. The largest absolute Gasteiger partial charge is 0.540 e. The average Bonchev–Trinajstić information content (AvgIpc) is 2.60. The van der Waals surface area contributed by atoms with Crippen LogP contribution in [0.2, 0.25) is 16.6 Å². The fraction of sp³-hybridized carbons (Fsp3) is 0.474. The fourth-order valence-corrected chi connectivity index (χ4v) is 9.35. The molecule has 156 valence electrons. The van der Waals surface area contributed by atoms with E-state index in [9.17, 15) is 30.7 Å². The van der Waals surface area contributed by atoms with Crippen LogP contribution in [-0.2, 0) is 0 Å². The number of halogens is 7. The van der Waals surface area contributed by atoms with Gasteiger partial charge in [0.05, 0.1) is 10.8 Å². The molecule has 0 spiro atoms. The van der Waals surface area contributed by atoms with E-state index in [0.717, 1.165) is 0 Å². The van der Waals surface area contributed by atoms with Crippen molar-refractivity contribution in [2.75, 3.05) is 0 Å². The van der Waals surface area contributed by atoms with Crippen molar-refractivity contribution in [2.24, 2.45) is 0 Å². The highest BCUT2D eigenvalue weighted by Gasteiger charge is 2.48. The summed E-state index contributed by atoms with van der Waals surface area (Å²) < 4.78 is 105. The van der Waals surface area contributed by atoms with E-state index in [0.29, 0.717) is 0 Å². The molecule has 0 bridgehead atoms. The highest BCUT2D eigenvalue weighted by molar-refractivity contribution is 6.78. The van der Waals surface area contributed by atoms with E-state index in [1.807, 2.05) is 0 Å². The van der Waals surface area contributed by atoms with Crippen LogP contribution in [0.15, 0.2) is 0 Å². The monoisotopic (exact) mass is 426 g/mol. The topological polar surface area (TPSA) is 9.23 Å². The Bertz CT molecular complexity index is 895. The van der Waals surface area contributed by atoms with Gasteiger partial charge in [0.25, 0.3) is 8.32 Å². The molecule has 0 N–H and O–H groups in total. The normalized spacial score (nSPS) is 12.7. The van der Waals surface area contributed by atoms with Gasteiger partial charge in [0.1, 0.15) is 0 Å². The van der Waals surface area contributed by atoms with Crippen LogP contribution in [0, 0.1) is 40.7 Å². The number of rotatable bonds is 5. The summed E-state index contributed by atoms with van der Waals surface area (Å²) in [7, 11) is -3.06. The minimum Gasteiger partial charge on any atom is -0.540 e. The van der Waals surface area contributed by atoms with E-state index in [4.69, 9.17) is 4.43 Å². The van der Waals surface area contributed by atoms with Gasteiger partial charge in [-0.3, -0.25) is 0 Å². The molecule has 0 amide bonds. The molecule has 0 aromatic heterocycles. The first-order chi connectivity index (χ1) is 12.8. The molecular formula is C19H21F7OSi. The van der Waals surface area contributed by atoms with Crippen molar-refractivity contribution in [3.05, 3.63) is 40.7 Å². The van der Waals surface area contributed by atoms with Crippen LogP contribution in [0.4, 0.5) is 30.7 Å². The molecule has 0 radical (unpaired) electrons. The Morgan fingerprint density at radius 1 is 0.500 bits per heavy atom. The number of hydrogen-bond donors (Lipinski definition) is 0. The number of hydrogen-bond acceptors (Lipinski definition) is 1. The molecule has 0 atom stereocenters. The Morgan fingerprint density at radius 2 is 0.821 bits per heavy atom. The summed E-state index contributed by atoms with van der Waals surface area (Å²) >= 11 is 0. The van der Waals surface area contributed by atoms with Crippen LogP contribution >= 0.6 is 0 Å². The maximum Gasteiger partial charge on any atom is 0.258 e. The van der Waals surface area contributed by atoms with Gasteiger partial charge in [0, 0.05) is 0 Å². The van der Waals surface area contributed by atoms with Gasteiger partial charge in [0.15, 0.2) is 40.7 Å². The summed E-state index contributed by atoms with van der Waals surface area (Å²) in [5, 5.41) is -2.81. The molecule has 0 saturated carbocycles. The smallest absolute Gasteiger partial charge is 0.258 e. The second kappa shape index (κ2) is 7.57.